The van der Waals surface area contributed by atoms with Gasteiger partial charge < -0.3 is 4.57 Å². The maximum absolute atomic E-state index is 11.2. The molecule has 98 valence electrons. The largest absolute Gasteiger partial charge is 0.329 e. The summed E-state index contributed by atoms with van der Waals surface area (Å²) in [5.41, 5.74) is 0.985. The van der Waals surface area contributed by atoms with E-state index in [0.29, 0.717) is 12.4 Å². The molecule has 2 rings (SSSR count). The van der Waals surface area contributed by atoms with E-state index in [4.69, 9.17) is 5.14 Å². The van der Waals surface area contributed by atoms with E-state index in [9.17, 15) is 8.42 Å². The number of hydrogen-bond acceptors (Lipinski definition) is 4. The fourth-order valence-corrected chi connectivity index (χ4v) is 2.17. The van der Waals surface area contributed by atoms with Crippen LogP contribution < -0.4 is 5.14 Å². The Hall–Kier alpha value is -1.67. The molecule has 8 heteroatoms. The van der Waals surface area contributed by atoms with E-state index in [0.717, 1.165) is 12.1 Å². The zero-order valence-electron chi connectivity index (χ0n) is 10.2. The lowest BCUT2D eigenvalue weighted by Gasteiger charge is -2.01. The third kappa shape index (κ3) is 2.59. The number of sulfonamides is 1. The maximum atomic E-state index is 11.2. The fraction of sp³-hybridized carbons (Fsp3) is 0.400. The Morgan fingerprint density at radius 1 is 1.39 bits per heavy atom. The lowest BCUT2D eigenvalue weighted by atomic mass is 10.3. The van der Waals surface area contributed by atoms with Gasteiger partial charge in [0.25, 0.3) is 10.0 Å². The Bertz CT molecular complexity index is 656. The van der Waals surface area contributed by atoms with E-state index in [2.05, 4.69) is 10.1 Å². The van der Waals surface area contributed by atoms with Crippen molar-refractivity contribution in [1.29, 1.82) is 0 Å². The molecule has 2 heterocycles. The molecule has 2 aromatic heterocycles. The van der Waals surface area contributed by atoms with Crippen LogP contribution in [0.15, 0.2) is 23.6 Å². The first-order chi connectivity index (χ1) is 8.40. The molecule has 0 spiro atoms. The Morgan fingerprint density at radius 2 is 2.11 bits per heavy atom. The number of aromatic nitrogens is 4. The van der Waals surface area contributed by atoms with Gasteiger partial charge in [-0.1, -0.05) is 0 Å². The molecule has 0 saturated heterocycles. The smallest absolute Gasteiger partial charge is 0.257 e. The van der Waals surface area contributed by atoms with Gasteiger partial charge in [0.2, 0.25) is 0 Å². The Balaban J connectivity index is 2.27. The zero-order valence-corrected chi connectivity index (χ0v) is 11.1. The Morgan fingerprint density at radius 3 is 2.61 bits per heavy atom. The highest BCUT2D eigenvalue weighted by atomic mass is 32.2. The van der Waals surface area contributed by atoms with Gasteiger partial charge in [-0.25, -0.2) is 18.5 Å². The van der Waals surface area contributed by atoms with E-state index < -0.39 is 10.0 Å². The van der Waals surface area contributed by atoms with Crippen molar-refractivity contribution in [2.75, 3.05) is 0 Å². The minimum absolute atomic E-state index is 0.108. The summed E-state index contributed by atoms with van der Waals surface area (Å²) in [6.45, 7) is 5.05. The lowest BCUT2D eigenvalue weighted by molar-refractivity contribution is 0.594. The average molecular weight is 269 g/mol. The van der Waals surface area contributed by atoms with Crippen LogP contribution in [0.2, 0.25) is 0 Å². The van der Waals surface area contributed by atoms with Crippen LogP contribution in [-0.4, -0.2) is 27.7 Å². The van der Waals surface area contributed by atoms with E-state index in [1.54, 1.807) is 17.7 Å². The first-order valence-electron chi connectivity index (χ1n) is 5.48. The number of rotatable bonds is 4. The zero-order chi connectivity index (χ0) is 13.3. The van der Waals surface area contributed by atoms with Crippen LogP contribution in [0, 0.1) is 6.92 Å². The molecule has 0 bridgehead atoms. The third-order valence-corrected chi connectivity index (χ3v) is 3.39. The Kier molecular flexibility index (Phi) is 3.22. The summed E-state index contributed by atoms with van der Waals surface area (Å²) in [6.07, 6.45) is 5.10. The van der Waals surface area contributed by atoms with Crippen LogP contribution >= 0.6 is 0 Å². The second-order valence-corrected chi connectivity index (χ2v) is 5.51. The molecule has 2 aromatic rings. The van der Waals surface area contributed by atoms with Crippen molar-refractivity contribution in [1.82, 2.24) is 19.3 Å². The number of primary sulfonamides is 1. The molecule has 18 heavy (non-hydrogen) atoms. The minimum atomic E-state index is -3.75. The SMILES string of the molecule is CCn1cc(Cn2cc(S(N)(=O)=O)nc2C)cn1. The van der Waals surface area contributed by atoms with Gasteiger partial charge in [0, 0.05) is 24.5 Å². The fourth-order valence-electron chi connectivity index (χ4n) is 1.63. The molecule has 0 saturated carbocycles. The number of aryl methyl sites for hydroxylation is 2. The summed E-state index contributed by atoms with van der Waals surface area (Å²) in [4.78, 5) is 3.93. The molecular formula is C10H15N5O2S. The van der Waals surface area contributed by atoms with Crippen LogP contribution in [-0.2, 0) is 23.1 Å². The molecule has 0 unspecified atom stereocenters. The number of nitrogens with zero attached hydrogens (tertiary/aromatic N) is 4. The maximum Gasteiger partial charge on any atom is 0.257 e. The standard InChI is InChI=1S/C10H15N5O2S/c1-3-15-6-9(4-12-15)5-14-7-10(13-8(14)2)18(11,16)17/h4,6-7H,3,5H2,1-2H3,(H2,11,16,17). The van der Waals surface area contributed by atoms with Crippen LogP contribution in [0.1, 0.15) is 18.3 Å². The molecule has 0 fully saturated rings. The topological polar surface area (TPSA) is 95.8 Å². The number of hydrogen-bond donors (Lipinski definition) is 1. The van der Waals surface area contributed by atoms with Gasteiger partial charge in [-0.2, -0.15) is 5.10 Å². The first-order valence-corrected chi connectivity index (χ1v) is 7.02. The van der Waals surface area contributed by atoms with Crippen molar-refractivity contribution in [3.8, 4) is 0 Å². The van der Waals surface area contributed by atoms with Crippen molar-refractivity contribution < 1.29 is 8.42 Å². The number of nitrogens with two attached hydrogens (primary N) is 1. The van der Waals surface area contributed by atoms with Crippen LogP contribution in [0.5, 0.6) is 0 Å². The molecule has 7 nitrogen and oxygen atoms in total. The van der Waals surface area contributed by atoms with Gasteiger partial charge in [0.05, 0.1) is 12.7 Å². The summed E-state index contributed by atoms with van der Waals surface area (Å²) < 4.78 is 25.9. The van der Waals surface area contributed by atoms with Gasteiger partial charge >= 0.3 is 0 Å². The van der Waals surface area contributed by atoms with Crippen LogP contribution in [0.3, 0.4) is 0 Å². The normalized spacial score (nSPS) is 11.9. The molecule has 0 aliphatic carbocycles. The van der Waals surface area contributed by atoms with Crippen molar-refractivity contribution >= 4 is 10.0 Å². The molecule has 2 N–H and O–H groups in total. The van der Waals surface area contributed by atoms with Crippen molar-refractivity contribution in [2.45, 2.75) is 32.0 Å². The first kappa shape index (κ1) is 12.8. The molecular weight excluding hydrogens is 254 g/mol. The molecule has 0 atom stereocenters. The summed E-state index contributed by atoms with van der Waals surface area (Å²) in [5.74, 6) is 0.600. The van der Waals surface area contributed by atoms with E-state index >= 15 is 0 Å². The second kappa shape index (κ2) is 4.54. The Labute approximate surface area is 105 Å². The highest BCUT2D eigenvalue weighted by Crippen LogP contribution is 2.10. The second-order valence-electron chi connectivity index (χ2n) is 4.00. The van der Waals surface area contributed by atoms with E-state index in [-0.39, 0.29) is 5.03 Å². The summed E-state index contributed by atoms with van der Waals surface area (Å²) in [7, 11) is -3.75. The van der Waals surface area contributed by atoms with Crippen molar-refractivity contribution in [3.63, 3.8) is 0 Å². The minimum Gasteiger partial charge on any atom is -0.329 e. The predicted molar refractivity (Wildman–Crippen MR) is 65.3 cm³/mol. The summed E-state index contributed by atoms with van der Waals surface area (Å²) in [6, 6.07) is 0. The quantitative estimate of drug-likeness (QED) is 0.851. The van der Waals surface area contributed by atoms with Gasteiger partial charge in [-0.05, 0) is 13.8 Å². The highest BCUT2D eigenvalue weighted by molar-refractivity contribution is 7.89. The van der Waals surface area contributed by atoms with Crippen molar-refractivity contribution in [2.24, 2.45) is 5.14 Å². The average Bonchev–Trinajstić information content (AvgIpc) is 2.86. The molecule has 0 aliphatic heterocycles. The molecule has 0 amide bonds. The van der Waals surface area contributed by atoms with Crippen LogP contribution in [0.25, 0.3) is 0 Å². The molecule has 0 radical (unpaired) electrons. The lowest BCUT2D eigenvalue weighted by Crippen LogP contribution is -2.12. The third-order valence-electron chi connectivity index (χ3n) is 2.61. The summed E-state index contributed by atoms with van der Waals surface area (Å²) >= 11 is 0. The summed E-state index contributed by atoms with van der Waals surface area (Å²) in [5, 5.41) is 9.09. The monoisotopic (exact) mass is 269 g/mol. The van der Waals surface area contributed by atoms with Gasteiger partial charge in [-0.3, -0.25) is 4.68 Å². The molecule has 0 aliphatic rings. The van der Waals surface area contributed by atoms with Gasteiger partial charge in [0.15, 0.2) is 5.03 Å². The van der Waals surface area contributed by atoms with Gasteiger partial charge in [-0.15, -0.1) is 0 Å². The predicted octanol–water partition coefficient (Wildman–Crippen LogP) is 0.104. The van der Waals surface area contributed by atoms with Gasteiger partial charge in [0.1, 0.15) is 5.82 Å². The van der Waals surface area contributed by atoms with E-state index in [1.807, 2.05) is 17.8 Å². The highest BCUT2D eigenvalue weighted by Gasteiger charge is 2.14. The van der Waals surface area contributed by atoms with E-state index in [1.165, 1.54) is 6.20 Å². The van der Waals surface area contributed by atoms with Crippen molar-refractivity contribution in [3.05, 3.63) is 30.0 Å². The number of imidazole rings is 1. The van der Waals surface area contributed by atoms with Crippen LogP contribution in [0.4, 0.5) is 0 Å². The molecule has 0 aromatic carbocycles.